The van der Waals surface area contributed by atoms with Gasteiger partial charge in [-0.25, -0.2) is 4.79 Å². The standard InChI is InChI=1S/C13H9Cl2NO3/c14-10-2-1-3-11(15)8(10)6-16-5-4-12(17)9(7-16)13(18)19/h1-5,7H,6H2,(H,18,19). The van der Waals surface area contributed by atoms with Crippen molar-refractivity contribution in [3.8, 4) is 0 Å². The Morgan fingerprint density at radius 3 is 2.42 bits per heavy atom. The Hall–Kier alpha value is -1.78. The van der Waals surface area contributed by atoms with Gasteiger partial charge in [0.2, 0.25) is 0 Å². The zero-order valence-corrected chi connectivity index (χ0v) is 11.1. The highest BCUT2D eigenvalue weighted by molar-refractivity contribution is 6.35. The fourth-order valence-electron chi connectivity index (χ4n) is 1.65. The van der Waals surface area contributed by atoms with Gasteiger partial charge in [0, 0.05) is 40.6 Å². The lowest BCUT2D eigenvalue weighted by molar-refractivity contribution is 0.0694. The molecule has 0 unspecified atom stereocenters. The fourth-order valence-corrected chi connectivity index (χ4v) is 2.17. The molecule has 2 rings (SSSR count). The molecule has 4 nitrogen and oxygen atoms in total. The van der Waals surface area contributed by atoms with E-state index in [1.54, 1.807) is 22.8 Å². The van der Waals surface area contributed by atoms with Gasteiger partial charge in [0.05, 0.1) is 0 Å². The summed E-state index contributed by atoms with van der Waals surface area (Å²) in [7, 11) is 0. The number of carboxylic acids is 1. The Bertz CT molecular complexity index is 674. The number of aromatic carboxylic acids is 1. The molecule has 0 aliphatic heterocycles. The number of halogens is 2. The number of pyridine rings is 1. The molecule has 2 aromatic rings. The maximum absolute atomic E-state index is 11.4. The molecule has 1 aromatic carbocycles. The Labute approximate surface area is 118 Å². The summed E-state index contributed by atoms with van der Waals surface area (Å²) in [4.78, 5) is 22.2. The highest BCUT2D eigenvalue weighted by Gasteiger charge is 2.10. The molecule has 0 spiro atoms. The van der Waals surface area contributed by atoms with E-state index in [2.05, 4.69) is 0 Å². The van der Waals surface area contributed by atoms with Gasteiger partial charge in [-0.15, -0.1) is 0 Å². The monoisotopic (exact) mass is 297 g/mol. The first-order chi connectivity index (χ1) is 8.99. The van der Waals surface area contributed by atoms with Crippen molar-refractivity contribution in [2.75, 3.05) is 0 Å². The number of carbonyl (C=O) groups is 1. The molecule has 19 heavy (non-hydrogen) atoms. The van der Waals surface area contributed by atoms with E-state index in [1.165, 1.54) is 18.5 Å². The molecule has 98 valence electrons. The Kier molecular flexibility index (Phi) is 3.93. The number of nitrogens with zero attached hydrogens (tertiary/aromatic N) is 1. The molecule has 0 atom stereocenters. The molecule has 0 radical (unpaired) electrons. The van der Waals surface area contributed by atoms with Crippen molar-refractivity contribution >= 4 is 29.2 Å². The molecule has 0 saturated carbocycles. The lowest BCUT2D eigenvalue weighted by Gasteiger charge is -2.10. The van der Waals surface area contributed by atoms with Crippen molar-refractivity contribution in [3.05, 3.63) is 68.1 Å². The van der Waals surface area contributed by atoms with Crippen molar-refractivity contribution in [1.82, 2.24) is 4.57 Å². The van der Waals surface area contributed by atoms with E-state index < -0.39 is 11.4 Å². The molecule has 0 aliphatic rings. The van der Waals surface area contributed by atoms with Crippen molar-refractivity contribution in [1.29, 1.82) is 0 Å². The van der Waals surface area contributed by atoms with Crippen molar-refractivity contribution in [2.45, 2.75) is 6.54 Å². The number of hydrogen-bond donors (Lipinski definition) is 1. The van der Waals surface area contributed by atoms with Gasteiger partial charge in [-0.05, 0) is 12.1 Å². The number of rotatable bonds is 3. The first-order valence-electron chi connectivity index (χ1n) is 5.35. The van der Waals surface area contributed by atoms with Crippen LogP contribution in [0.1, 0.15) is 15.9 Å². The van der Waals surface area contributed by atoms with Crippen LogP contribution >= 0.6 is 23.2 Å². The Balaban J connectivity index is 2.42. The van der Waals surface area contributed by atoms with E-state index in [9.17, 15) is 9.59 Å². The Morgan fingerprint density at radius 1 is 1.21 bits per heavy atom. The maximum atomic E-state index is 11.4. The molecule has 0 amide bonds. The van der Waals surface area contributed by atoms with E-state index >= 15 is 0 Å². The van der Waals surface area contributed by atoms with Gasteiger partial charge in [-0.1, -0.05) is 29.3 Å². The average molecular weight is 298 g/mol. The predicted molar refractivity (Wildman–Crippen MR) is 73.2 cm³/mol. The van der Waals surface area contributed by atoms with Crippen LogP contribution < -0.4 is 5.43 Å². The normalized spacial score (nSPS) is 10.4. The van der Waals surface area contributed by atoms with E-state index in [-0.39, 0.29) is 5.56 Å². The van der Waals surface area contributed by atoms with Crippen LogP contribution in [0.25, 0.3) is 0 Å². The Morgan fingerprint density at radius 2 is 1.84 bits per heavy atom. The summed E-state index contributed by atoms with van der Waals surface area (Å²) < 4.78 is 1.55. The molecular formula is C13H9Cl2NO3. The van der Waals surface area contributed by atoms with Gasteiger partial charge in [-0.2, -0.15) is 0 Å². The van der Waals surface area contributed by atoms with Gasteiger partial charge in [0.1, 0.15) is 5.56 Å². The number of benzene rings is 1. The summed E-state index contributed by atoms with van der Waals surface area (Å²) in [5.74, 6) is -1.26. The van der Waals surface area contributed by atoms with Gasteiger partial charge in [-0.3, -0.25) is 4.79 Å². The zero-order chi connectivity index (χ0) is 14.0. The van der Waals surface area contributed by atoms with Gasteiger partial charge >= 0.3 is 5.97 Å². The van der Waals surface area contributed by atoms with Crippen LogP contribution in [0, 0.1) is 0 Å². The van der Waals surface area contributed by atoms with Crippen molar-refractivity contribution in [3.63, 3.8) is 0 Å². The zero-order valence-electron chi connectivity index (χ0n) is 9.64. The topological polar surface area (TPSA) is 59.3 Å². The van der Waals surface area contributed by atoms with Crippen molar-refractivity contribution in [2.24, 2.45) is 0 Å². The smallest absolute Gasteiger partial charge is 0.341 e. The molecule has 0 bridgehead atoms. The molecule has 0 saturated heterocycles. The minimum Gasteiger partial charge on any atom is -0.477 e. The molecule has 6 heteroatoms. The van der Waals surface area contributed by atoms with Crippen LogP contribution in [-0.4, -0.2) is 15.6 Å². The summed E-state index contributed by atoms with van der Waals surface area (Å²) in [5.41, 5.74) is -0.148. The molecule has 1 heterocycles. The van der Waals surface area contributed by atoms with Crippen LogP contribution in [0.2, 0.25) is 10.0 Å². The summed E-state index contributed by atoms with van der Waals surface area (Å²) >= 11 is 12.1. The third-order valence-electron chi connectivity index (χ3n) is 2.61. The molecule has 1 aromatic heterocycles. The van der Waals surface area contributed by atoms with Gasteiger partial charge in [0.15, 0.2) is 5.43 Å². The summed E-state index contributed by atoms with van der Waals surface area (Å²) in [5, 5.41) is 9.88. The second kappa shape index (κ2) is 5.47. The maximum Gasteiger partial charge on any atom is 0.341 e. The highest BCUT2D eigenvalue weighted by Crippen LogP contribution is 2.24. The third-order valence-corrected chi connectivity index (χ3v) is 3.32. The van der Waals surface area contributed by atoms with E-state index in [0.29, 0.717) is 22.2 Å². The lowest BCUT2D eigenvalue weighted by atomic mass is 10.2. The number of carboxylic acid groups (broad SMARTS) is 1. The number of aromatic nitrogens is 1. The second-order valence-electron chi connectivity index (χ2n) is 3.90. The van der Waals surface area contributed by atoms with Gasteiger partial charge in [0.25, 0.3) is 0 Å². The third kappa shape index (κ3) is 2.97. The summed E-state index contributed by atoms with van der Waals surface area (Å²) in [6, 6.07) is 6.32. The van der Waals surface area contributed by atoms with Gasteiger partial charge < -0.3 is 9.67 Å². The largest absolute Gasteiger partial charge is 0.477 e. The van der Waals surface area contributed by atoms with Crippen LogP contribution in [0.5, 0.6) is 0 Å². The second-order valence-corrected chi connectivity index (χ2v) is 4.71. The van der Waals surface area contributed by atoms with E-state index in [0.717, 1.165) is 0 Å². The van der Waals surface area contributed by atoms with Crippen molar-refractivity contribution < 1.29 is 9.90 Å². The minimum absolute atomic E-state index is 0.286. The first kappa shape index (κ1) is 13.6. The highest BCUT2D eigenvalue weighted by atomic mass is 35.5. The van der Waals surface area contributed by atoms with Crippen LogP contribution in [0.4, 0.5) is 0 Å². The molecule has 0 fully saturated rings. The molecular weight excluding hydrogens is 289 g/mol. The summed E-state index contributed by atoms with van der Waals surface area (Å²) in [6.07, 6.45) is 2.76. The summed E-state index contributed by atoms with van der Waals surface area (Å²) in [6.45, 7) is 0.291. The van der Waals surface area contributed by atoms with E-state index in [1.807, 2.05) is 0 Å². The fraction of sp³-hybridized carbons (Fsp3) is 0.0769. The molecule has 0 aliphatic carbocycles. The first-order valence-corrected chi connectivity index (χ1v) is 6.11. The average Bonchev–Trinajstić information content (AvgIpc) is 2.35. The van der Waals surface area contributed by atoms with Crippen LogP contribution in [0.15, 0.2) is 41.5 Å². The predicted octanol–water partition coefficient (Wildman–Crippen LogP) is 2.90. The number of hydrogen-bond acceptors (Lipinski definition) is 2. The SMILES string of the molecule is O=C(O)c1cn(Cc2c(Cl)cccc2Cl)ccc1=O. The lowest BCUT2D eigenvalue weighted by Crippen LogP contribution is -2.17. The van der Waals surface area contributed by atoms with Crippen LogP contribution in [0.3, 0.4) is 0 Å². The minimum atomic E-state index is -1.26. The molecule has 1 N–H and O–H groups in total. The quantitative estimate of drug-likeness (QED) is 0.947. The van der Waals surface area contributed by atoms with E-state index in [4.69, 9.17) is 28.3 Å². The van der Waals surface area contributed by atoms with Crippen LogP contribution in [-0.2, 0) is 6.54 Å².